The molecule has 4 nitrogen and oxygen atoms in total. The molecule has 0 aliphatic carbocycles. The van der Waals surface area contributed by atoms with E-state index in [2.05, 4.69) is 10.1 Å². The number of aliphatic hydroxyl groups excluding tert-OH is 1. The van der Waals surface area contributed by atoms with Crippen molar-refractivity contribution in [3.8, 4) is 0 Å². The molecule has 2 aromatic rings. The summed E-state index contributed by atoms with van der Waals surface area (Å²) < 4.78 is 43.1. The van der Waals surface area contributed by atoms with Crippen LogP contribution in [0.4, 0.5) is 13.2 Å². The molecule has 0 saturated carbocycles. The normalized spacial score (nSPS) is 13.7. The van der Waals surface area contributed by atoms with Gasteiger partial charge in [0.25, 0.3) is 0 Å². The molecule has 0 amide bonds. The Bertz CT molecular complexity index is 812. The number of hydrogen-bond acceptors (Lipinski definition) is 5. The number of alkyl halides is 3. The number of nitrogens with one attached hydrogen (secondary N) is 1. The number of thioether (sulfide) groups is 1. The molecular weight excluding hydrogens is 415 g/mol. The number of methoxy groups -OCH3 is 1. The zero-order chi connectivity index (χ0) is 22.1. The van der Waals surface area contributed by atoms with Gasteiger partial charge in [-0.15, -0.1) is 11.8 Å². The largest absolute Gasteiger partial charge is 0.469 e. The zero-order valence-corrected chi connectivity index (χ0v) is 17.7. The molecule has 2 rings (SSSR count). The Hall–Kier alpha value is -2.03. The van der Waals surface area contributed by atoms with Crippen LogP contribution in [0.15, 0.2) is 53.4 Å². The molecule has 0 aliphatic rings. The summed E-state index contributed by atoms with van der Waals surface area (Å²) in [5, 5.41) is 13.4. The SMILES string of the molecule is COC(=O)CCSc1ccc(CC(C)NCC(O)c2cccc(C(F)(F)F)c2)cc1. The lowest BCUT2D eigenvalue weighted by atomic mass is 10.0. The second-order valence-corrected chi connectivity index (χ2v) is 8.14. The van der Waals surface area contributed by atoms with Gasteiger partial charge in [0.1, 0.15) is 0 Å². The Morgan fingerprint density at radius 3 is 2.53 bits per heavy atom. The van der Waals surface area contributed by atoms with Gasteiger partial charge in [-0.3, -0.25) is 4.79 Å². The van der Waals surface area contributed by atoms with Crippen molar-refractivity contribution in [2.45, 2.75) is 43.0 Å². The minimum absolute atomic E-state index is 0.0308. The summed E-state index contributed by atoms with van der Waals surface area (Å²) in [5.74, 6) is 0.420. The lowest BCUT2D eigenvalue weighted by Gasteiger charge is -2.18. The summed E-state index contributed by atoms with van der Waals surface area (Å²) in [7, 11) is 1.37. The fourth-order valence-corrected chi connectivity index (χ4v) is 3.69. The predicted molar refractivity (Wildman–Crippen MR) is 111 cm³/mol. The maximum atomic E-state index is 12.8. The number of hydrogen-bond donors (Lipinski definition) is 2. The highest BCUT2D eigenvalue weighted by molar-refractivity contribution is 7.99. The monoisotopic (exact) mass is 441 g/mol. The van der Waals surface area contributed by atoms with Gasteiger partial charge in [0.2, 0.25) is 0 Å². The smallest absolute Gasteiger partial charge is 0.416 e. The molecule has 2 aromatic carbocycles. The first-order chi connectivity index (χ1) is 14.2. The van der Waals surface area contributed by atoms with Gasteiger partial charge in [-0.2, -0.15) is 13.2 Å². The van der Waals surface area contributed by atoms with Crippen molar-refractivity contribution in [1.29, 1.82) is 0 Å². The second kappa shape index (κ2) is 11.4. The third kappa shape index (κ3) is 8.01. The van der Waals surface area contributed by atoms with Crippen molar-refractivity contribution in [2.75, 3.05) is 19.4 Å². The number of esters is 1. The summed E-state index contributed by atoms with van der Waals surface area (Å²) in [6.45, 7) is 2.11. The van der Waals surface area contributed by atoms with E-state index in [9.17, 15) is 23.1 Å². The fourth-order valence-electron chi connectivity index (χ4n) is 2.85. The van der Waals surface area contributed by atoms with Crippen molar-refractivity contribution in [3.05, 3.63) is 65.2 Å². The molecule has 2 N–H and O–H groups in total. The Balaban J connectivity index is 1.80. The average molecular weight is 442 g/mol. The van der Waals surface area contributed by atoms with Gasteiger partial charge in [0, 0.05) is 23.2 Å². The van der Waals surface area contributed by atoms with E-state index in [-0.39, 0.29) is 24.1 Å². The summed E-state index contributed by atoms with van der Waals surface area (Å²) in [6, 6.07) is 12.8. The Morgan fingerprint density at radius 2 is 1.90 bits per heavy atom. The highest BCUT2D eigenvalue weighted by Gasteiger charge is 2.30. The molecule has 2 atom stereocenters. The highest BCUT2D eigenvalue weighted by atomic mass is 32.2. The summed E-state index contributed by atoms with van der Waals surface area (Å²) in [5.41, 5.74) is 0.565. The van der Waals surface area contributed by atoms with Crippen LogP contribution in [0.25, 0.3) is 0 Å². The van der Waals surface area contributed by atoms with Crippen LogP contribution < -0.4 is 5.32 Å². The van der Waals surface area contributed by atoms with E-state index in [0.29, 0.717) is 18.6 Å². The van der Waals surface area contributed by atoms with E-state index in [1.165, 1.54) is 19.2 Å². The van der Waals surface area contributed by atoms with E-state index >= 15 is 0 Å². The highest BCUT2D eigenvalue weighted by Crippen LogP contribution is 2.30. The van der Waals surface area contributed by atoms with E-state index in [0.717, 1.165) is 22.6 Å². The van der Waals surface area contributed by atoms with Gasteiger partial charge in [-0.1, -0.05) is 24.3 Å². The molecular formula is C22H26F3NO3S. The minimum Gasteiger partial charge on any atom is -0.469 e. The summed E-state index contributed by atoms with van der Waals surface area (Å²) >= 11 is 1.58. The van der Waals surface area contributed by atoms with Crippen molar-refractivity contribution in [1.82, 2.24) is 5.32 Å². The van der Waals surface area contributed by atoms with E-state index < -0.39 is 17.8 Å². The molecule has 0 saturated heterocycles. The van der Waals surface area contributed by atoms with Crippen LogP contribution in [0.2, 0.25) is 0 Å². The third-order valence-corrected chi connectivity index (χ3v) is 5.54. The molecule has 0 radical (unpaired) electrons. The van der Waals surface area contributed by atoms with E-state index in [1.54, 1.807) is 11.8 Å². The first-order valence-corrected chi connectivity index (χ1v) is 10.5. The number of aliphatic hydroxyl groups is 1. The summed E-state index contributed by atoms with van der Waals surface area (Å²) in [6.07, 6.45) is -4.39. The van der Waals surface area contributed by atoms with Gasteiger partial charge in [0.15, 0.2) is 0 Å². The molecule has 0 spiro atoms. The van der Waals surface area contributed by atoms with Crippen molar-refractivity contribution >= 4 is 17.7 Å². The molecule has 0 heterocycles. The number of carbonyl (C=O) groups excluding carboxylic acids is 1. The average Bonchev–Trinajstić information content (AvgIpc) is 2.72. The molecule has 0 aromatic heterocycles. The third-order valence-electron chi connectivity index (χ3n) is 4.53. The summed E-state index contributed by atoms with van der Waals surface area (Å²) in [4.78, 5) is 12.2. The number of halogens is 3. The van der Waals surface area contributed by atoms with Crippen LogP contribution in [-0.2, 0) is 22.1 Å². The van der Waals surface area contributed by atoms with Crippen LogP contribution >= 0.6 is 11.8 Å². The number of carbonyl (C=O) groups is 1. The standard InChI is InChI=1S/C22H26F3NO3S/c1-15(12-16-6-8-19(9-7-16)30-11-10-21(28)29-2)26-14-20(27)17-4-3-5-18(13-17)22(23,24)25/h3-9,13,15,20,26-27H,10-12,14H2,1-2H3. The Labute approximate surface area is 178 Å². The van der Waals surface area contributed by atoms with Crippen LogP contribution in [0.5, 0.6) is 0 Å². The number of ether oxygens (including phenoxy) is 1. The molecule has 0 fully saturated rings. The van der Waals surface area contributed by atoms with E-state index in [1.807, 2.05) is 31.2 Å². The molecule has 30 heavy (non-hydrogen) atoms. The molecule has 0 aliphatic heterocycles. The maximum absolute atomic E-state index is 12.8. The topological polar surface area (TPSA) is 58.6 Å². The van der Waals surface area contributed by atoms with Crippen LogP contribution in [0, 0.1) is 0 Å². The molecule has 8 heteroatoms. The predicted octanol–water partition coefficient (Wildman–Crippen LogP) is 4.61. The number of benzene rings is 2. The van der Waals surface area contributed by atoms with Crippen molar-refractivity contribution in [3.63, 3.8) is 0 Å². The van der Waals surface area contributed by atoms with Crippen LogP contribution in [0.1, 0.15) is 36.1 Å². The molecule has 164 valence electrons. The van der Waals surface area contributed by atoms with Gasteiger partial charge in [-0.25, -0.2) is 0 Å². The van der Waals surface area contributed by atoms with Gasteiger partial charge < -0.3 is 15.2 Å². The first kappa shape index (κ1) is 24.2. The second-order valence-electron chi connectivity index (χ2n) is 6.97. The first-order valence-electron chi connectivity index (χ1n) is 9.56. The van der Waals surface area contributed by atoms with Crippen molar-refractivity contribution < 1.29 is 27.8 Å². The lowest BCUT2D eigenvalue weighted by molar-refractivity contribution is -0.140. The maximum Gasteiger partial charge on any atom is 0.416 e. The van der Waals surface area contributed by atoms with Crippen LogP contribution in [0.3, 0.4) is 0 Å². The molecule has 0 bridgehead atoms. The minimum atomic E-state index is -4.43. The lowest BCUT2D eigenvalue weighted by Crippen LogP contribution is -2.32. The van der Waals surface area contributed by atoms with Gasteiger partial charge in [-0.05, 0) is 48.7 Å². The Kier molecular flexibility index (Phi) is 9.20. The Morgan fingerprint density at radius 1 is 1.20 bits per heavy atom. The number of rotatable bonds is 10. The van der Waals surface area contributed by atoms with Gasteiger partial charge in [0.05, 0.1) is 25.2 Å². The van der Waals surface area contributed by atoms with Crippen molar-refractivity contribution in [2.24, 2.45) is 0 Å². The van der Waals surface area contributed by atoms with E-state index in [4.69, 9.17) is 0 Å². The fraction of sp³-hybridized carbons (Fsp3) is 0.409. The molecule has 2 unspecified atom stereocenters. The quantitative estimate of drug-likeness (QED) is 0.416. The van der Waals surface area contributed by atoms with Crippen LogP contribution in [-0.4, -0.2) is 36.5 Å². The zero-order valence-electron chi connectivity index (χ0n) is 16.9. The van der Waals surface area contributed by atoms with Gasteiger partial charge >= 0.3 is 12.1 Å².